The van der Waals surface area contributed by atoms with Crippen molar-refractivity contribution in [1.29, 1.82) is 0 Å². The van der Waals surface area contributed by atoms with Gasteiger partial charge in [-0.25, -0.2) is 4.39 Å². The minimum Gasteiger partial charge on any atom is -0.366 e. The Labute approximate surface area is 149 Å². The van der Waals surface area contributed by atoms with E-state index in [1.54, 1.807) is 12.1 Å². The van der Waals surface area contributed by atoms with Gasteiger partial charge >= 0.3 is 0 Å². The van der Waals surface area contributed by atoms with E-state index < -0.39 is 0 Å². The fourth-order valence-corrected chi connectivity index (χ4v) is 3.95. The third kappa shape index (κ3) is 4.39. The summed E-state index contributed by atoms with van der Waals surface area (Å²) in [5.74, 6) is 0.299. The predicted molar refractivity (Wildman–Crippen MR) is 96.4 cm³/mol. The van der Waals surface area contributed by atoms with E-state index in [1.165, 1.54) is 45.1 Å². The number of amides is 1. The molecule has 0 atom stereocenters. The average molecular weight is 346 g/mol. The summed E-state index contributed by atoms with van der Waals surface area (Å²) >= 11 is 0. The van der Waals surface area contributed by atoms with Crippen molar-refractivity contribution in [3.05, 3.63) is 29.6 Å². The number of rotatable bonds is 4. The van der Waals surface area contributed by atoms with Crippen molar-refractivity contribution >= 4 is 17.4 Å². The molecule has 0 aromatic heterocycles. The minimum atomic E-state index is -0.366. The van der Waals surface area contributed by atoms with Gasteiger partial charge in [-0.05, 0) is 43.9 Å². The average Bonchev–Trinajstić information content (AvgIpc) is 2.62. The molecule has 136 valence electrons. The van der Waals surface area contributed by atoms with Gasteiger partial charge in [-0.1, -0.05) is 19.3 Å². The van der Waals surface area contributed by atoms with Crippen molar-refractivity contribution in [2.45, 2.75) is 45.4 Å². The Morgan fingerprint density at radius 2 is 1.76 bits per heavy atom. The number of carbonyl (C=O) groups excluding carboxylic acids is 2. The number of Topliss-reactive ketones (excluding diaryl/α,β-unsaturated/α-hetero) is 1. The molecule has 1 aromatic carbocycles. The molecule has 1 aliphatic carbocycles. The van der Waals surface area contributed by atoms with Crippen molar-refractivity contribution in [2.24, 2.45) is 5.92 Å². The van der Waals surface area contributed by atoms with Gasteiger partial charge in [-0.15, -0.1) is 0 Å². The van der Waals surface area contributed by atoms with E-state index in [9.17, 15) is 14.0 Å². The van der Waals surface area contributed by atoms with Crippen LogP contribution in [0.25, 0.3) is 0 Å². The smallest absolute Gasteiger partial charge is 0.222 e. The Bertz CT molecular complexity index is 633. The molecule has 0 N–H and O–H groups in total. The predicted octanol–water partition coefficient (Wildman–Crippen LogP) is 3.65. The second-order valence-electron chi connectivity index (χ2n) is 7.30. The highest BCUT2D eigenvalue weighted by Gasteiger charge is 2.25. The summed E-state index contributed by atoms with van der Waals surface area (Å²) in [6.07, 6.45) is 6.83. The van der Waals surface area contributed by atoms with Gasteiger partial charge in [-0.3, -0.25) is 9.59 Å². The molecule has 1 aliphatic heterocycles. The molecule has 0 spiro atoms. The maximum absolute atomic E-state index is 14.3. The van der Waals surface area contributed by atoms with E-state index in [-0.39, 0.29) is 17.5 Å². The summed E-state index contributed by atoms with van der Waals surface area (Å²) in [6, 6.07) is 4.64. The molecule has 25 heavy (non-hydrogen) atoms. The van der Waals surface area contributed by atoms with Gasteiger partial charge in [0, 0.05) is 38.2 Å². The third-order valence-corrected chi connectivity index (χ3v) is 5.52. The molecule has 1 saturated carbocycles. The van der Waals surface area contributed by atoms with Crippen LogP contribution in [0.2, 0.25) is 0 Å². The number of carbonyl (C=O) groups is 2. The zero-order chi connectivity index (χ0) is 17.8. The number of ketones is 1. The van der Waals surface area contributed by atoms with E-state index >= 15 is 0 Å². The molecule has 0 bridgehead atoms. The summed E-state index contributed by atoms with van der Waals surface area (Å²) in [7, 11) is 0. The van der Waals surface area contributed by atoms with Crippen LogP contribution in [0.5, 0.6) is 0 Å². The minimum absolute atomic E-state index is 0.136. The maximum Gasteiger partial charge on any atom is 0.222 e. The number of halogens is 1. The van der Waals surface area contributed by atoms with Crippen LogP contribution in [-0.4, -0.2) is 42.8 Å². The molecule has 4 nitrogen and oxygen atoms in total. The molecule has 2 fully saturated rings. The Morgan fingerprint density at radius 1 is 1.08 bits per heavy atom. The number of hydrogen-bond donors (Lipinski definition) is 0. The van der Waals surface area contributed by atoms with Crippen molar-refractivity contribution in [2.75, 3.05) is 31.1 Å². The molecule has 1 heterocycles. The summed E-state index contributed by atoms with van der Waals surface area (Å²) in [5, 5.41) is 0. The lowest BCUT2D eigenvalue weighted by Gasteiger charge is -2.37. The summed E-state index contributed by atoms with van der Waals surface area (Å²) in [5.41, 5.74) is 0.909. The Kier molecular flexibility index (Phi) is 5.71. The first-order valence-electron chi connectivity index (χ1n) is 9.38. The molecule has 2 aliphatic rings. The van der Waals surface area contributed by atoms with Crippen LogP contribution >= 0.6 is 0 Å². The van der Waals surface area contributed by atoms with Gasteiger partial charge in [0.2, 0.25) is 5.91 Å². The first-order valence-corrected chi connectivity index (χ1v) is 9.38. The molecule has 3 rings (SSSR count). The number of nitrogens with zero attached hydrogens (tertiary/aromatic N) is 2. The lowest BCUT2D eigenvalue weighted by Crippen LogP contribution is -2.49. The zero-order valence-corrected chi connectivity index (χ0v) is 15.0. The number of piperazine rings is 1. The van der Waals surface area contributed by atoms with Gasteiger partial charge in [0.25, 0.3) is 0 Å². The molecule has 1 aromatic rings. The normalized spacial score (nSPS) is 19.1. The van der Waals surface area contributed by atoms with Crippen molar-refractivity contribution in [3.63, 3.8) is 0 Å². The largest absolute Gasteiger partial charge is 0.366 e. The van der Waals surface area contributed by atoms with Gasteiger partial charge in [0.1, 0.15) is 5.82 Å². The monoisotopic (exact) mass is 346 g/mol. The van der Waals surface area contributed by atoms with Gasteiger partial charge < -0.3 is 9.80 Å². The van der Waals surface area contributed by atoms with Crippen LogP contribution in [0.1, 0.15) is 55.8 Å². The van der Waals surface area contributed by atoms with Gasteiger partial charge in [0.15, 0.2) is 5.78 Å². The van der Waals surface area contributed by atoms with E-state index in [2.05, 4.69) is 0 Å². The van der Waals surface area contributed by atoms with Crippen molar-refractivity contribution in [3.8, 4) is 0 Å². The van der Waals surface area contributed by atoms with Crippen molar-refractivity contribution < 1.29 is 14.0 Å². The van der Waals surface area contributed by atoms with Gasteiger partial charge in [0.05, 0.1) is 5.69 Å². The SMILES string of the molecule is CC(=O)c1ccc(N2CCN(C(=O)CC3CCCCC3)CC2)c(F)c1. The highest BCUT2D eigenvalue weighted by Crippen LogP contribution is 2.27. The summed E-state index contributed by atoms with van der Waals surface area (Å²) in [6.45, 7) is 3.98. The quantitative estimate of drug-likeness (QED) is 0.782. The van der Waals surface area contributed by atoms with E-state index in [1.807, 2.05) is 9.80 Å². The number of hydrogen-bond acceptors (Lipinski definition) is 3. The molecule has 0 unspecified atom stereocenters. The Hall–Kier alpha value is -1.91. The van der Waals surface area contributed by atoms with E-state index in [0.29, 0.717) is 49.8 Å². The standard InChI is InChI=1S/C20H27FN2O2/c1-15(24)17-7-8-19(18(21)14-17)22-9-11-23(12-10-22)20(25)13-16-5-3-2-4-6-16/h7-8,14,16H,2-6,9-13H2,1H3. The molecule has 5 heteroatoms. The summed E-state index contributed by atoms with van der Waals surface area (Å²) in [4.78, 5) is 27.7. The molecule has 1 amide bonds. The lowest BCUT2D eigenvalue weighted by molar-refractivity contribution is -0.132. The third-order valence-electron chi connectivity index (χ3n) is 5.52. The summed E-state index contributed by atoms with van der Waals surface area (Å²) < 4.78 is 14.3. The van der Waals surface area contributed by atoms with E-state index in [4.69, 9.17) is 0 Å². The van der Waals surface area contributed by atoms with Crippen LogP contribution in [0.15, 0.2) is 18.2 Å². The first kappa shape index (κ1) is 17.9. The topological polar surface area (TPSA) is 40.6 Å². The van der Waals surface area contributed by atoms with Crippen molar-refractivity contribution in [1.82, 2.24) is 4.90 Å². The van der Waals surface area contributed by atoms with Gasteiger partial charge in [-0.2, -0.15) is 0 Å². The maximum atomic E-state index is 14.3. The zero-order valence-electron chi connectivity index (χ0n) is 15.0. The fourth-order valence-electron chi connectivity index (χ4n) is 3.95. The Morgan fingerprint density at radius 3 is 2.36 bits per heavy atom. The number of benzene rings is 1. The second kappa shape index (κ2) is 7.98. The molecular weight excluding hydrogens is 319 g/mol. The van der Waals surface area contributed by atoms with Crippen LogP contribution in [-0.2, 0) is 4.79 Å². The van der Waals surface area contributed by atoms with Crippen LogP contribution < -0.4 is 4.90 Å². The van der Waals surface area contributed by atoms with Crippen LogP contribution in [0.4, 0.5) is 10.1 Å². The van der Waals surface area contributed by atoms with E-state index in [0.717, 1.165) is 0 Å². The van der Waals surface area contributed by atoms with Crippen LogP contribution in [0.3, 0.4) is 0 Å². The molecule has 0 radical (unpaired) electrons. The van der Waals surface area contributed by atoms with Crippen LogP contribution in [0, 0.1) is 11.7 Å². The fraction of sp³-hybridized carbons (Fsp3) is 0.600. The second-order valence-corrected chi connectivity index (χ2v) is 7.30. The highest BCUT2D eigenvalue weighted by molar-refractivity contribution is 5.94. The molecule has 1 saturated heterocycles. The number of anilines is 1. The lowest BCUT2D eigenvalue weighted by atomic mass is 9.86. The first-order chi connectivity index (χ1) is 12.0. The highest BCUT2D eigenvalue weighted by atomic mass is 19.1. The Balaban J connectivity index is 1.54. The molecular formula is C20H27FN2O2.